The smallest absolute Gasteiger partial charge is 0.0144 e. The summed E-state index contributed by atoms with van der Waals surface area (Å²) in [7, 11) is -1.27. The maximum Gasteiger partial charge on any atom is 0.0144 e. The molecule has 0 radical (unpaired) electrons. The topological polar surface area (TPSA) is 0 Å². The fourth-order valence-electron chi connectivity index (χ4n) is 3.50. The molecule has 0 nitrogen and oxygen atoms in total. The molecule has 4 heteroatoms. The summed E-state index contributed by atoms with van der Waals surface area (Å²) in [5, 5.41) is 0.626. The van der Waals surface area contributed by atoms with E-state index in [0.29, 0.717) is 5.25 Å². The number of rotatable bonds is 1. The molecule has 1 aliphatic carbocycles. The highest BCUT2D eigenvalue weighted by Crippen LogP contribution is 2.67. The van der Waals surface area contributed by atoms with Crippen molar-refractivity contribution in [1.29, 1.82) is 0 Å². The van der Waals surface area contributed by atoms with Gasteiger partial charge in [-0.05, 0) is 12.8 Å². The Kier molecular flexibility index (Phi) is 13.3. The highest BCUT2D eigenvalue weighted by molar-refractivity contribution is 9.40. The SMILES string of the molecule is SS(S)(S)C1CCCCCCCCCCCCCCCCC1. The van der Waals surface area contributed by atoms with Crippen molar-refractivity contribution >= 4 is 42.1 Å². The van der Waals surface area contributed by atoms with Gasteiger partial charge in [0.25, 0.3) is 0 Å². The molecule has 1 saturated carbocycles. The van der Waals surface area contributed by atoms with Crippen molar-refractivity contribution in [2.24, 2.45) is 0 Å². The maximum absolute atomic E-state index is 4.70. The lowest BCUT2D eigenvalue weighted by molar-refractivity contribution is 0.508. The Morgan fingerprint density at radius 1 is 0.409 bits per heavy atom. The monoisotopic (exact) mass is 382 g/mol. The van der Waals surface area contributed by atoms with E-state index < -0.39 is 7.12 Å². The molecule has 22 heavy (non-hydrogen) atoms. The van der Waals surface area contributed by atoms with Crippen LogP contribution in [0, 0.1) is 0 Å². The molecule has 0 amide bonds. The Labute approximate surface area is 156 Å². The average molecular weight is 383 g/mol. The predicted octanol–water partition coefficient (Wildman–Crippen LogP) is 8.34. The zero-order chi connectivity index (χ0) is 16.1. The van der Waals surface area contributed by atoms with Gasteiger partial charge in [-0.15, -0.1) is 35.0 Å². The molecule has 1 aliphatic rings. The molecule has 0 aromatic rings. The van der Waals surface area contributed by atoms with E-state index in [-0.39, 0.29) is 0 Å². The molecule has 0 heterocycles. The van der Waals surface area contributed by atoms with Crippen molar-refractivity contribution < 1.29 is 0 Å². The van der Waals surface area contributed by atoms with Crippen molar-refractivity contribution in [2.75, 3.05) is 0 Å². The van der Waals surface area contributed by atoms with E-state index in [1.54, 1.807) is 0 Å². The van der Waals surface area contributed by atoms with Crippen LogP contribution in [0.2, 0.25) is 0 Å². The molecule has 0 bridgehead atoms. The average Bonchev–Trinajstić information content (AvgIpc) is 2.46. The summed E-state index contributed by atoms with van der Waals surface area (Å²) in [6, 6.07) is 0. The molecule has 134 valence electrons. The van der Waals surface area contributed by atoms with Gasteiger partial charge in [0.05, 0.1) is 0 Å². The molecular weight excluding hydrogens is 344 g/mol. The molecule has 0 saturated heterocycles. The van der Waals surface area contributed by atoms with E-state index in [9.17, 15) is 0 Å². The second-order valence-corrected chi connectivity index (χ2v) is 16.6. The summed E-state index contributed by atoms with van der Waals surface area (Å²) >= 11 is 14.1. The van der Waals surface area contributed by atoms with Crippen LogP contribution in [-0.2, 0) is 0 Å². The third-order valence-corrected chi connectivity index (χ3v) is 9.05. The van der Waals surface area contributed by atoms with E-state index >= 15 is 0 Å². The number of hydrogen-bond donors (Lipinski definition) is 3. The fourth-order valence-corrected chi connectivity index (χ4v) is 6.37. The molecule has 0 aromatic heterocycles. The van der Waals surface area contributed by atoms with Crippen LogP contribution < -0.4 is 0 Å². The Hall–Kier alpha value is 1.40. The summed E-state index contributed by atoms with van der Waals surface area (Å²) < 4.78 is 0. The van der Waals surface area contributed by atoms with Gasteiger partial charge in [-0.25, -0.2) is 0 Å². The highest BCUT2D eigenvalue weighted by Gasteiger charge is 2.22. The van der Waals surface area contributed by atoms with E-state index in [4.69, 9.17) is 35.0 Å². The van der Waals surface area contributed by atoms with Gasteiger partial charge in [0.2, 0.25) is 0 Å². The number of hydrogen-bond acceptors (Lipinski definition) is 3. The van der Waals surface area contributed by atoms with Crippen LogP contribution in [0.3, 0.4) is 0 Å². The zero-order valence-electron chi connectivity index (χ0n) is 14.3. The maximum atomic E-state index is 4.70. The van der Waals surface area contributed by atoms with Crippen LogP contribution in [0.15, 0.2) is 0 Å². The van der Waals surface area contributed by atoms with Gasteiger partial charge in [-0.2, -0.15) is 0 Å². The van der Waals surface area contributed by atoms with E-state index in [2.05, 4.69) is 0 Å². The zero-order valence-corrected chi connectivity index (χ0v) is 17.8. The molecule has 0 spiro atoms. The van der Waals surface area contributed by atoms with E-state index in [1.807, 2.05) is 0 Å². The van der Waals surface area contributed by atoms with Gasteiger partial charge in [0.1, 0.15) is 0 Å². The third kappa shape index (κ3) is 11.9. The summed E-state index contributed by atoms with van der Waals surface area (Å²) in [5.41, 5.74) is 0. The minimum absolute atomic E-state index is 0.626. The second-order valence-electron chi connectivity index (χ2n) is 7.06. The van der Waals surface area contributed by atoms with Crippen molar-refractivity contribution in [3.05, 3.63) is 0 Å². The Bertz CT molecular complexity index is 232. The predicted molar refractivity (Wildman–Crippen MR) is 117 cm³/mol. The van der Waals surface area contributed by atoms with Gasteiger partial charge in [0.15, 0.2) is 0 Å². The lowest BCUT2D eigenvalue weighted by atomic mass is 10.0. The molecule has 1 fully saturated rings. The van der Waals surface area contributed by atoms with Gasteiger partial charge < -0.3 is 0 Å². The molecule has 1 rings (SSSR count). The lowest BCUT2D eigenvalue weighted by Gasteiger charge is -2.32. The Morgan fingerprint density at radius 2 is 0.636 bits per heavy atom. The van der Waals surface area contributed by atoms with Gasteiger partial charge in [0, 0.05) is 5.25 Å². The van der Waals surface area contributed by atoms with Crippen LogP contribution >= 0.6 is 42.1 Å². The van der Waals surface area contributed by atoms with Crippen LogP contribution in [0.1, 0.15) is 109 Å². The molecule has 0 aliphatic heterocycles. The van der Waals surface area contributed by atoms with Gasteiger partial charge >= 0.3 is 0 Å². The molecule has 0 atom stereocenters. The highest BCUT2D eigenvalue weighted by atomic mass is 33.8. The van der Waals surface area contributed by atoms with Crippen molar-refractivity contribution in [1.82, 2.24) is 0 Å². The number of thiol groups is 3. The molecule has 0 aromatic carbocycles. The fraction of sp³-hybridized carbons (Fsp3) is 1.00. The third-order valence-electron chi connectivity index (χ3n) is 5.00. The largest absolute Gasteiger partial charge is 0.112 e. The van der Waals surface area contributed by atoms with Gasteiger partial charge in [-0.3, -0.25) is 0 Å². The van der Waals surface area contributed by atoms with Crippen molar-refractivity contribution in [3.8, 4) is 0 Å². The first-order valence-corrected chi connectivity index (χ1v) is 14.5. The van der Waals surface area contributed by atoms with Crippen molar-refractivity contribution in [2.45, 2.75) is 114 Å². The minimum Gasteiger partial charge on any atom is -0.112 e. The van der Waals surface area contributed by atoms with E-state index in [0.717, 1.165) is 0 Å². The summed E-state index contributed by atoms with van der Waals surface area (Å²) in [6.45, 7) is 0. The van der Waals surface area contributed by atoms with Crippen LogP contribution in [0.4, 0.5) is 0 Å². The molecule has 0 N–H and O–H groups in total. The van der Waals surface area contributed by atoms with Crippen LogP contribution in [-0.4, -0.2) is 5.25 Å². The Morgan fingerprint density at radius 3 is 0.864 bits per heavy atom. The first kappa shape index (κ1) is 21.4. The molecular formula is C18H38S4. The van der Waals surface area contributed by atoms with Crippen LogP contribution in [0.25, 0.3) is 0 Å². The first-order valence-electron chi connectivity index (χ1n) is 9.60. The van der Waals surface area contributed by atoms with Crippen LogP contribution in [0.5, 0.6) is 0 Å². The molecule has 0 unspecified atom stereocenters. The van der Waals surface area contributed by atoms with E-state index in [1.165, 1.54) is 109 Å². The lowest BCUT2D eigenvalue weighted by Crippen LogP contribution is -2.08. The minimum atomic E-state index is -1.27. The quantitative estimate of drug-likeness (QED) is 0.294. The summed E-state index contributed by atoms with van der Waals surface area (Å²) in [6.07, 6.45) is 24.0. The second kappa shape index (κ2) is 13.7. The Balaban J connectivity index is 2.30. The standard InChI is InChI=1S/C18H38S4/c19-22(20,21)18-16-14-12-10-8-6-4-2-1-3-5-7-9-11-13-15-17-18/h18-21H,1-17H2. The van der Waals surface area contributed by atoms with Crippen molar-refractivity contribution in [3.63, 3.8) is 0 Å². The summed E-state index contributed by atoms with van der Waals surface area (Å²) in [5.74, 6) is 0. The normalized spacial score (nSPS) is 24.3. The van der Waals surface area contributed by atoms with Gasteiger partial charge in [-0.1, -0.05) is 103 Å². The first-order chi connectivity index (χ1) is 10.6. The summed E-state index contributed by atoms with van der Waals surface area (Å²) in [4.78, 5) is 0.